The van der Waals surface area contributed by atoms with Gasteiger partial charge in [0.25, 0.3) is 5.56 Å². The molecule has 2 aliphatic rings. The fourth-order valence-electron chi connectivity index (χ4n) is 5.16. The summed E-state index contributed by atoms with van der Waals surface area (Å²) in [6.07, 6.45) is 1.23. The molecule has 3 atom stereocenters. The van der Waals surface area contributed by atoms with Gasteiger partial charge in [-0.2, -0.15) is 0 Å². The van der Waals surface area contributed by atoms with Gasteiger partial charge in [-0.1, -0.05) is 42.5 Å². The molecule has 0 aliphatic carbocycles. The van der Waals surface area contributed by atoms with Gasteiger partial charge in [0.05, 0.1) is 0 Å². The summed E-state index contributed by atoms with van der Waals surface area (Å²) in [7, 11) is 0. The fourth-order valence-corrected chi connectivity index (χ4v) is 5.16. The number of carbonyl (C=O) groups excluding carboxylic acids is 2. The number of fused-ring (bicyclic) bond motifs is 4. The van der Waals surface area contributed by atoms with Crippen LogP contribution in [-0.2, 0) is 17.8 Å². The van der Waals surface area contributed by atoms with Gasteiger partial charge in [-0.3, -0.25) is 9.59 Å². The lowest BCUT2D eigenvalue weighted by molar-refractivity contribution is -0.118. The number of hydrogen-bond acceptors (Lipinski definition) is 3. The van der Waals surface area contributed by atoms with Crippen LogP contribution >= 0.6 is 0 Å². The zero-order chi connectivity index (χ0) is 24.4. The van der Waals surface area contributed by atoms with Crippen molar-refractivity contribution in [2.75, 3.05) is 18.4 Å². The second-order valence-corrected chi connectivity index (χ2v) is 9.29. The number of likely N-dealkylation sites (tertiary alicyclic amines) is 1. The maximum atomic E-state index is 13.6. The Kier molecular flexibility index (Phi) is 6.35. The highest BCUT2D eigenvalue weighted by Gasteiger charge is 2.37. The van der Waals surface area contributed by atoms with Gasteiger partial charge in [0, 0.05) is 49.4 Å². The van der Waals surface area contributed by atoms with E-state index in [9.17, 15) is 18.8 Å². The van der Waals surface area contributed by atoms with Crippen LogP contribution in [-0.4, -0.2) is 40.5 Å². The normalized spacial score (nSPS) is 19.4. The number of urea groups is 1. The zero-order valence-electron chi connectivity index (χ0n) is 19.2. The van der Waals surface area contributed by atoms with Gasteiger partial charge in [-0.25, -0.2) is 9.18 Å². The Hall–Kier alpha value is -3.94. The standard InChI is InChI=1S/C27H27FN4O3/c28-21-8-4-9-22(14-21)29-26(34)23(13-18-6-2-1-3-7-18)30-27(35)31-15-19-12-20(17-31)24-10-5-11-25(33)32(24)16-19/h1-11,14,19-20,23H,12-13,15-17H2,(H,29,34)(H,30,35). The maximum Gasteiger partial charge on any atom is 0.318 e. The maximum absolute atomic E-state index is 13.6. The number of piperidine rings is 1. The van der Waals surface area contributed by atoms with Gasteiger partial charge in [0.1, 0.15) is 11.9 Å². The third kappa shape index (κ3) is 5.11. The van der Waals surface area contributed by atoms with E-state index in [0.717, 1.165) is 17.7 Å². The quantitative estimate of drug-likeness (QED) is 0.595. The van der Waals surface area contributed by atoms with Crippen molar-refractivity contribution in [3.05, 3.63) is 100 Å². The zero-order valence-corrected chi connectivity index (χ0v) is 19.2. The van der Waals surface area contributed by atoms with E-state index in [4.69, 9.17) is 0 Å². The summed E-state index contributed by atoms with van der Waals surface area (Å²) < 4.78 is 15.4. The van der Waals surface area contributed by atoms with Crippen LogP contribution in [0.25, 0.3) is 0 Å². The minimum absolute atomic E-state index is 0.00736. The first-order valence-electron chi connectivity index (χ1n) is 11.8. The van der Waals surface area contributed by atoms with Gasteiger partial charge < -0.3 is 20.1 Å². The lowest BCUT2D eigenvalue weighted by Gasteiger charge is -2.43. The van der Waals surface area contributed by atoms with Crippen molar-refractivity contribution in [2.45, 2.75) is 31.3 Å². The number of halogens is 1. The molecule has 3 heterocycles. The van der Waals surface area contributed by atoms with Crippen molar-refractivity contribution < 1.29 is 14.0 Å². The predicted molar refractivity (Wildman–Crippen MR) is 131 cm³/mol. The van der Waals surface area contributed by atoms with Crippen molar-refractivity contribution >= 4 is 17.6 Å². The largest absolute Gasteiger partial charge is 0.326 e. The van der Waals surface area contributed by atoms with Crippen LogP contribution in [0.3, 0.4) is 0 Å². The molecule has 3 aromatic rings. The molecule has 3 unspecified atom stereocenters. The van der Waals surface area contributed by atoms with Gasteiger partial charge in [0.2, 0.25) is 5.91 Å². The van der Waals surface area contributed by atoms with Gasteiger partial charge in [-0.15, -0.1) is 0 Å². The molecule has 2 aromatic carbocycles. The molecule has 2 bridgehead atoms. The number of aromatic nitrogens is 1. The lowest BCUT2D eigenvalue weighted by atomic mass is 9.83. The molecule has 1 aromatic heterocycles. The van der Waals surface area contributed by atoms with Gasteiger partial charge >= 0.3 is 6.03 Å². The van der Waals surface area contributed by atoms with Crippen LogP contribution in [0.5, 0.6) is 0 Å². The first kappa shape index (κ1) is 22.8. The van der Waals surface area contributed by atoms with E-state index < -0.39 is 17.8 Å². The second kappa shape index (κ2) is 9.74. The predicted octanol–water partition coefficient (Wildman–Crippen LogP) is 3.37. The number of nitrogens with zero attached hydrogens (tertiary/aromatic N) is 2. The van der Waals surface area contributed by atoms with E-state index >= 15 is 0 Å². The van der Waals surface area contributed by atoms with E-state index in [0.29, 0.717) is 31.7 Å². The number of pyridine rings is 1. The van der Waals surface area contributed by atoms with Crippen molar-refractivity contribution in [1.29, 1.82) is 0 Å². The second-order valence-electron chi connectivity index (χ2n) is 9.29. The lowest BCUT2D eigenvalue weighted by Crippen LogP contribution is -2.55. The van der Waals surface area contributed by atoms with E-state index in [2.05, 4.69) is 10.6 Å². The van der Waals surface area contributed by atoms with Crippen molar-refractivity contribution in [2.24, 2.45) is 5.92 Å². The molecule has 0 saturated carbocycles. The van der Waals surface area contributed by atoms with Gasteiger partial charge in [-0.05, 0) is 42.2 Å². The Morgan fingerprint density at radius 1 is 0.971 bits per heavy atom. The van der Waals surface area contributed by atoms with Crippen molar-refractivity contribution in [3.8, 4) is 0 Å². The van der Waals surface area contributed by atoms with E-state index in [1.807, 2.05) is 41.0 Å². The number of amides is 3. The number of benzene rings is 2. The molecule has 5 rings (SSSR count). The molecule has 2 aliphatic heterocycles. The van der Waals surface area contributed by atoms with Crippen LogP contribution in [0.4, 0.5) is 14.9 Å². The molecular weight excluding hydrogens is 447 g/mol. The SMILES string of the molecule is O=C(Nc1cccc(F)c1)C(Cc1ccccc1)NC(=O)N1CC2CC(C1)c1cccc(=O)n1C2. The van der Waals surface area contributed by atoms with Crippen LogP contribution in [0.2, 0.25) is 0 Å². The summed E-state index contributed by atoms with van der Waals surface area (Å²) in [6, 6.07) is 19.2. The summed E-state index contributed by atoms with van der Waals surface area (Å²) in [5.41, 5.74) is 2.18. The van der Waals surface area contributed by atoms with Crippen LogP contribution in [0.1, 0.15) is 23.6 Å². The summed E-state index contributed by atoms with van der Waals surface area (Å²) in [5.74, 6) is -0.607. The minimum atomic E-state index is -0.843. The topological polar surface area (TPSA) is 83.4 Å². The Labute approximate surface area is 202 Å². The average Bonchev–Trinajstić information content (AvgIpc) is 2.85. The average molecular weight is 475 g/mol. The Bertz CT molecular complexity index is 1290. The first-order chi connectivity index (χ1) is 17.0. The molecule has 35 heavy (non-hydrogen) atoms. The van der Waals surface area contributed by atoms with E-state index in [-0.39, 0.29) is 23.4 Å². The molecule has 3 amide bonds. The number of hydrogen-bond donors (Lipinski definition) is 2. The minimum Gasteiger partial charge on any atom is -0.326 e. The molecule has 180 valence electrons. The number of anilines is 1. The third-order valence-corrected chi connectivity index (χ3v) is 6.76. The molecule has 1 fully saturated rings. The molecule has 1 saturated heterocycles. The van der Waals surface area contributed by atoms with Crippen LogP contribution in [0, 0.1) is 11.7 Å². The van der Waals surface area contributed by atoms with Crippen LogP contribution in [0.15, 0.2) is 77.6 Å². The molecule has 0 spiro atoms. The Morgan fingerprint density at radius 2 is 1.77 bits per heavy atom. The van der Waals surface area contributed by atoms with Crippen LogP contribution < -0.4 is 16.2 Å². The third-order valence-electron chi connectivity index (χ3n) is 6.76. The highest BCUT2D eigenvalue weighted by Crippen LogP contribution is 2.34. The highest BCUT2D eigenvalue weighted by atomic mass is 19.1. The van der Waals surface area contributed by atoms with E-state index in [1.54, 1.807) is 23.1 Å². The number of carbonyl (C=O) groups is 2. The van der Waals surface area contributed by atoms with E-state index in [1.165, 1.54) is 18.2 Å². The molecule has 2 N–H and O–H groups in total. The smallest absolute Gasteiger partial charge is 0.318 e. The summed E-state index contributed by atoms with van der Waals surface area (Å²) in [5, 5.41) is 5.63. The fraction of sp³-hybridized carbons (Fsp3) is 0.296. The summed E-state index contributed by atoms with van der Waals surface area (Å²) in [4.78, 5) is 40.5. The Morgan fingerprint density at radius 3 is 2.57 bits per heavy atom. The number of nitrogens with one attached hydrogen (secondary N) is 2. The number of rotatable bonds is 5. The Balaban J connectivity index is 1.32. The highest BCUT2D eigenvalue weighted by molar-refractivity contribution is 5.97. The summed E-state index contributed by atoms with van der Waals surface area (Å²) >= 11 is 0. The molecule has 7 nitrogen and oxygen atoms in total. The van der Waals surface area contributed by atoms with Crippen molar-refractivity contribution in [3.63, 3.8) is 0 Å². The molecule has 0 radical (unpaired) electrons. The summed E-state index contributed by atoms with van der Waals surface area (Å²) in [6.45, 7) is 1.59. The molecule has 8 heteroatoms. The first-order valence-corrected chi connectivity index (χ1v) is 11.8. The molecular formula is C27H27FN4O3. The van der Waals surface area contributed by atoms with Gasteiger partial charge in [0.15, 0.2) is 0 Å². The van der Waals surface area contributed by atoms with Crippen molar-refractivity contribution in [1.82, 2.24) is 14.8 Å². The monoisotopic (exact) mass is 474 g/mol.